The molecular formula is C24H28N2O4. The molecule has 0 atom stereocenters. The number of nitrogens with zero attached hydrogens (tertiary/aromatic N) is 1. The minimum Gasteiger partial charge on any atom is -0.497 e. The molecule has 1 heterocycles. The number of ether oxygens (including phenoxy) is 2. The summed E-state index contributed by atoms with van der Waals surface area (Å²) in [6.45, 7) is 8.26. The van der Waals surface area contributed by atoms with Crippen molar-refractivity contribution in [2.45, 2.75) is 27.7 Å². The Morgan fingerprint density at radius 2 is 1.70 bits per heavy atom. The average molecular weight is 408 g/mol. The van der Waals surface area contributed by atoms with E-state index in [1.807, 2.05) is 45.9 Å². The zero-order valence-corrected chi connectivity index (χ0v) is 18.3. The maximum Gasteiger partial charge on any atom is 0.278 e. The summed E-state index contributed by atoms with van der Waals surface area (Å²) in [5.74, 6) is 0.691. The van der Waals surface area contributed by atoms with Crippen LogP contribution in [0.3, 0.4) is 0 Å². The van der Waals surface area contributed by atoms with E-state index in [0.717, 1.165) is 16.7 Å². The fourth-order valence-electron chi connectivity index (χ4n) is 3.61. The van der Waals surface area contributed by atoms with Crippen LogP contribution in [0.25, 0.3) is 5.57 Å². The highest BCUT2D eigenvalue weighted by Crippen LogP contribution is 2.36. The van der Waals surface area contributed by atoms with Crippen LogP contribution in [0.15, 0.2) is 42.1 Å². The number of carbonyl (C=O) groups is 2. The Labute approximate surface area is 177 Å². The highest BCUT2D eigenvalue weighted by molar-refractivity contribution is 6.36. The van der Waals surface area contributed by atoms with Crippen molar-refractivity contribution in [2.24, 2.45) is 5.92 Å². The maximum atomic E-state index is 13.3. The summed E-state index contributed by atoms with van der Waals surface area (Å²) < 4.78 is 10.7. The number of hydrogen-bond acceptors (Lipinski definition) is 5. The lowest BCUT2D eigenvalue weighted by Crippen LogP contribution is -2.35. The van der Waals surface area contributed by atoms with E-state index >= 15 is 0 Å². The van der Waals surface area contributed by atoms with Crippen molar-refractivity contribution < 1.29 is 19.1 Å². The third-order valence-corrected chi connectivity index (χ3v) is 5.03. The van der Waals surface area contributed by atoms with Gasteiger partial charge in [-0.1, -0.05) is 37.6 Å². The summed E-state index contributed by atoms with van der Waals surface area (Å²) in [6, 6.07) is 11.1. The van der Waals surface area contributed by atoms with Crippen molar-refractivity contribution >= 4 is 23.1 Å². The zero-order valence-electron chi connectivity index (χ0n) is 18.3. The van der Waals surface area contributed by atoms with Gasteiger partial charge in [-0.05, 0) is 43.0 Å². The maximum absolute atomic E-state index is 13.3. The quantitative estimate of drug-likeness (QED) is 0.697. The van der Waals surface area contributed by atoms with Crippen LogP contribution in [-0.2, 0) is 9.59 Å². The predicted molar refractivity (Wildman–Crippen MR) is 118 cm³/mol. The normalized spacial score (nSPS) is 14.0. The summed E-state index contributed by atoms with van der Waals surface area (Å²) in [5, 5.41) is 3.17. The third kappa shape index (κ3) is 4.03. The summed E-state index contributed by atoms with van der Waals surface area (Å²) in [6.07, 6.45) is 0. The molecule has 0 aliphatic carbocycles. The van der Waals surface area contributed by atoms with E-state index in [1.165, 1.54) is 4.90 Å². The second-order valence-electron chi connectivity index (χ2n) is 7.87. The number of anilines is 1. The molecule has 1 N–H and O–H groups in total. The van der Waals surface area contributed by atoms with E-state index in [0.29, 0.717) is 29.3 Å². The fraction of sp³-hybridized carbons (Fsp3) is 0.333. The zero-order chi connectivity index (χ0) is 22.0. The lowest BCUT2D eigenvalue weighted by Gasteiger charge is -2.18. The standard InChI is InChI=1S/C24H28N2O4/c1-14(2)13-26-23(27)21(18-9-7-15(3)11-16(18)4)22(24(26)28)25-19-12-17(29-5)8-10-20(19)30-6/h7-12,14,25H,13H2,1-6H3. The monoisotopic (exact) mass is 408 g/mol. The number of amides is 2. The smallest absolute Gasteiger partial charge is 0.278 e. The molecule has 0 bridgehead atoms. The Kier molecular flexibility index (Phi) is 6.15. The van der Waals surface area contributed by atoms with Crippen LogP contribution in [0.4, 0.5) is 5.69 Å². The molecule has 1 aliphatic rings. The largest absolute Gasteiger partial charge is 0.497 e. The molecule has 6 heteroatoms. The number of hydrogen-bond donors (Lipinski definition) is 1. The van der Waals surface area contributed by atoms with E-state index in [2.05, 4.69) is 5.32 Å². The molecule has 0 radical (unpaired) electrons. The third-order valence-electron chi connectivity index (χ3n) is 5.03. The minimum atomic E-state index is -0.339. The predicted octanol–water partition coefficient (Wildman–Crippen LogP) is 4.17. The van der Waals surface area contributed by atoms with Crippen molar-refractivity contribution in [3.05, 3.63) is 58.8 Å². The Morgan fingerprint density at radius 3 is 2.30 bits per heavy atom. The van der Waals surface area contributed by atoms with E-state index in [9.17, 15) is 9.59 Å². The first kappa shape index (κ1) is 21.4. The van der Waals surface area contributed by atoms with E-state index < -0.39 is 0 Å². The van der Waals surface area contributed by atoms with Gasteiger partial charge in [-0.3, -0.25) is 14.5 Å². The summed E-state index contributed by atoms with van der Waals surface area (Å²) in [7, 11) is 3.12. The number of nitrogens with one attached hydrogen (secondary N) is 1. The lowest BCUT2D eigenvalue weighted by molar-refractivity contribution is -0.137. The Morgan fingerprint density at radius 1 is 0.967 bits per heavy atom. The molecule has 0 saturated heterocycles. The molecule has 2 aromatic carbocycles. The SMILES string of the molecule is COc1ccc(OC)c(NC2=C(c3ccc(C)cc3C)C(=O)N(CC(C)C)C2=O)c1. The second kappa shape index (κ2) is 8.61. The summed E-state index contributed by atoms with van der Waals surface area (Å²) in [4.78, 5) is 27.9. The Balaban J connectivity index is 2.16. The first-order valence-electron chi connectivity index (χ1n) is 9.94. The summed E-state index contributed by atoms with van der Waals surface area (Å²) >= 11 is 0. The molecule has 30 heavy (non-hydrogen) atoms. The Bertz CT molecular complexity index is 1020. The van der Waals surface area contributed by atoms with Crippen LogP contribution in [0.5, 0.6) is 11.5 Å². The van der Waals surface area contributed by atoms with Gasteiger partial charge in [0.1, 0.15) is 17.2 Å². The van der Waals surface area contributed by atoms with E-state index in [4.69, 9.17) is 9.47 Å². The molecule has 0 fully saturated rings. The molecular weight excluding hydrogens is 380 g/mol. The van der Waals surface area contributed by atoms with Crippen LogP contribution in [0.2, 0.25) is 0 Å². The number of methoxy groups -OCH3 is 2. The molecule has 2 amide bonds. The molecule has 3 rings (SSSR count). The van der Waals surface area contributed by atoms with Gasteiger partial charge in [0, 0.05) is 12.6 Å². The van der Waals surface area contributed by atoms with Crippen LogP contribution in [0, 0.1) is 19.8 Å². The van der Waals surface area contributed by atoms with Gasteiger partial charge in [0.2, 0.25) is 0 Å². The topological polar surface area (TPSA) is 67.9 Å². The number of imide groups is 1. The van der Waals surface area contributed by atoms with Gasteiger partial charge >= 0.3 is 0 Å². The van der Waals surface area contributed by atoms with Crippen LogP contribution >= 0.6 is 0 Å². The number of carbonyl (C=O) groups excluding carboxylic acids is 2. The van der Waals surface area contributed by atoms with Crippen molar-refractivity contribution in [1.29, 1.82) is 0 Å². The van der Waals surface area contributed by atoms with Crippen LogP contribution in [-0.4, -0.2) is 37.5 Å². The van der Waals surface area contributed by atoms with Gasteiger partial charge in [-0.2, -0.15) is 0 Å². The summed E-state index contributed by atoms with van der Waals surface area (Å²) in [5.41, 5.74) is 3.96. The van der Waals surface area contributed by atoms with Crippen LogP contribution in [0.1, 0.15) is 30.5 Å². The van der Waals surface area contributed by atoms with Crippen molar-refractivity contribution in [2.75, 3.05) is 26.1 Å². The molecule has 0 spiro atoms. The van der Waals surface area contributed by atoms with Gasteiger partial charge in [0.05, 0.1) is 25.5 Å². The van der Waals surface area contributed by atoms with Crippen LogP contribution < -0.4 is 14.8 Å². The molecule has 0 saturated carbocycles. The van der Waals surface area contributed by atoms with Crippen molar-refractivity contribution in [1.82, 2.24) is 4.90 Å². The number of benzene rings is 2. The molecule has 6 nitrogen and oxygen atoms in total. The van der Waals surface area contributed by atoms with E-state index in [-0.39, 0.29) is 23.4 Å². The molecule has 2 aromatic rings. The number of aryl methyl sites for hydroxylation is 2. The van der Waals surface area contributed by atoms with Gasteiger partial charge in [0.25, 0.3) is 11.8 Å². The van der Waals surface area contributed by atoms with Crippen molar-refractivity contribution in [3.8, 4) is 11.5 Å². The average Bonchev–Trinajstić information content (AvgIpc) is 2.92. The van der Waals surface area contributed by atoms with Gasteiger partial charge < -0.3 is 14.8 Å². The highest BCUT2D eigenvalue weighted by atomic mass is 16.5. The molecule has 158 valence electrons. The first-order valence-corrected chi connectivity index (χ1v) is 9.94. The van der Waals surface area contributed by atoms with Gasteiger partial charge in [-0.25, -0.2) is 0 Å². The highest BCUT2D eigenvalue weighted by Gasteiger charge is 2.40. The number of rotatable bonds is 7. The van der Waals surface area contributed by atoms with Gasteiger partial charge in [-0.15, -0.1) is 0 Å². The second-order valence-corrected chi connectivity index (χ2v) is 7.87. The van der Waals surface area contributed by atoms with Gasteiger partial charge in [0.15, 0.2) is 0 Å². The first-order chi connectivity index (χ1) is 14.3. The molecule has 1 aliphatic heterocycles. The lowest BCUT2D eigenvalue weighted by atomic mass is 9.97. The molecule has 0 aromatic heterocycles. The Hall–Kier alpha value is -3.28. The van der Waals surface area contributed by atoms with E-state index in [1.54, 1.807) is 32.4 Å². The van der Waals surface area contributed by atoms with Crippen molar-refractivity contribution in [3.63, 3.8) is 0 Å². The minimum absolute atomic E-state index is 0.156. The fourth-order valence-corrected chi connectivity index (χ4v) is 3.61. The molecule has 0 unspecified atom stereocenters.